The van der Waals surface area contributed by atoms with Crippen molar-refractivity contribution in [1.29, 1.82) is 0 Å². The zero-order chi connectivity index (χ0) is 18.4. The quantitative estimate of drug-likeness (QED) is 0.425. The molecule has 0 heterocycles. The summed E-state index contributed by atoms with van der Waals surface area (Å²) in [6, 6.07) is 13.6. The summed E-state index contributed by atoms with van der Waals surface area (Å²) in [6.07, 6.45) is 0. The Morgan fingerprint density at radius 3 is 2.56 bits per heavy atom. The number of ether oxygens (including phenoxy) is 1. The molecule has 1 atom stereocenters. The van der Waals surface area contributed by atoms with Crippen LogP contribution < -0.4 is 4.74 Å². The van der Waals surface area contributed by atoms with E-state index < -0.39 is 4.92 Å². The molecule has 0 aliphatic carbocycles. The van der Waals surface area contributed by atoms with Crippen molar-refractivity contribution in [3.05, 3.63) is 64.2 Å². The van der Waals surface area contributed by atoms with E-state index in [2.05, 4.69) is 0 Å². The van der Waals surface area contributed by atoms with Crippen LogP contribution in [-0.2, 0) is 4.79 Å². The van der Waals surface area contributed by atoms with E-state index in [-0.39, 0.29) is 17.6 Å². The number of nitro benzene ring substituents is 1. The lowest BCUT2D eigenvalue weighted by molar-refractivity contribution is -0.384. The van der Waals surface area contributed by atoms with Crippen molar-refractivity contribution in [3.63, 3.8) is 0 Å². The van der Waals surface area contributed by atoms with Crippen LogP contribution in [0.25, 0.3) is 0 Å². The van der Waals surface area contributed by atoms with E-state index in [1.165, 1.54) is 23.9 Å². The summed E-state index contributed by atoms with van der Waals surface area (Å²) in [6.45, 7) is 1.86. The number of hydrogen-bond acceptors (Lipinski definition) is 5. The van der Waals surface area contributed by atoms with E-state index in [0.717, 1.165) is 16.2 Å². The van der Waals surface area contributed by atoms with Crippen molar-refractivity contribution in [1.82, 2.24) is 4.90 Å². The normalized spacial score (nSPS) is 11.6. The van der Waals surface area contributed by atoms with Gasteiger partial charge in [-0.2, -0.15) is 0 Å². The molecule has 0 spiro atoms. The van der Waals surface area contributed by atoms with Gasteiger partial charge in [-0.05, 0) is 36.8 Å². The first-order valence-electron chi connectivity index (χ1n) is 7.69. The third kappa shape index (κ3) is 4.96. The average Bonchev–Trinajstić information content (AvgIpc) is 2.65. The number of benzene rings is 2. The number of non-ortho nitro benzene ring substituents is 1. The number of carbonyl (C=O) groups is 1. The van der Waals surface area contributed by atoms with E-state index in [4.69, 9.17) is 4.74 Å². The molecule has 0 fully saturated rings. The fourth-order valence-electron chi connectivity index (χ4n) is 2.26. The molecule has 6 nitrogen and oxygen atoms in total. The number of carbonyl (C=O) groups excluding carboxylic acids is 1. The summed E-state index contributed by atoms with van der Waals surface area (Å²) in [5, 5.41) is 10.9. The van der Waals surface area contributed by atoms with Crippen LogP contribution >= 0.6 is 11.8 Å². The van der Waals surface area contributed by atoms with Crippen molar-refractivity contribution >= 4 is 23.4 Å². The molecule has 0 N–H and O–H groups in total. The lowest BCUT2D eigenvalue weighted by Gasteiger charge is -2.25. The molecule has 0 saturated carbocycles. The maximum atomic E-state index is 12.4. The zero-order valence-electron chi connectivity index (χ0n) is 14.3. The van der Waals surface area contributed by atoms with Gasteiger partial charge in [-0.3, -0.25) is 14.9 Å². The maximum absolute atomic E-state index is 12.4. The summed E-state index contributed by atoms with van der Waals surface area (Å²) < 4.78 is 5.11. The summed E-state index contributed by atoms with van der Waals surface area (Å²) in [5.41, 5.74) is 0.761. The second-order valence-corrected chi connectivity index (χ2v) is 6.55. The van der Waals surface area contributed by atoms with Crippen LogP contribution in [0.2, 0.25) is 0 Å². The fourth-order valence-corrected chi connectivity index (χ4v) is 3.08. The number of thioether (sulfide) groups is 1. The fraction of sp³-hybridized carbons (Fsp3) is 0.278. The molecular formula is C18H20N2O4S. The molecule has 0 aliphatic rings. The Balaban J connectivity index is 1.98. The monoisotopic (exact) mass is 360 g/mol. The summed E-state index contributed by atoms with van der Waals surface area (Å²) in [4.78, 5) is 25.5. The van der Waals surface area contributed by atoms with Crippen LogP contribution in [0.3, 0.4) is 0 Å². The van der Waals surface area contributed by atoms with Crippen LogP contribution in [0.5, 0.6) is 5.75 Å². The Hall–Kier alpha value is -2.54. The maximum Gasteiger partial charge on any atom is 0.269 e. The lowest BCUT2D eigenvalue weighted by atomic mass is 10.1. The second kappa shape index (κ2) is 8.53. The van der Waals surface area contributed by atoms with Crippen molar-refractivity contribution in [2.45, 2.75) is 17.9 Å². The largest absolute Gasteiger partial charge is 0.497 e. The van der Waals surface area contributed by atoms with Gasteiger partial charge >= 0.3 is 0 Å². The molecule has 132 valence electrons. The van der Waals surface area contributed by atoms with Gasteiger partial charge in [0.1, 0.15) is 5.75 Å². The minimum absolute atomic E-state index is 0.0257. The highest BCUT2D eigenvalue weighted by atomic mass is 32.2. The number of nitro groups is 1. The number of amides is 1. The van der Waals surface area contributed by atoms with Crippen molar-refractivity contribution in [2.75, 3.05) is 19.9 Å². The van der Waals surface area contributed by atoms with Gasteiger partial charge in [-0.15, -0.1) is 11.8 Å². The Morgan fingerprint density at radius 2 is 1.96 bits per heavy atom. The molecular weight excluding hydrogens is 340 g/mol. The van der Waals surface area contributed by atoms with Gasteiger partial charge < -0.3 is 9.64 Å². The third-order valence-electron chi connectivity index (χ3n) is 3.96. The van der Waals surface area contributed by atoms with Crippen LogP contribution in [-0.4, -0.2) is 35.6 Å². The smallest absolute Gasteiger partial charge is 0.269 e. The molecule has 2 aromatic rings. The molecule has 7 heteroatoms. The SMILES string of the molecule is COc1ccc(SCC(=O)N(C)[C@H](C)c2cccc([N+](=O)[O-])c2)cc1. The van der Waals surface area contributed by atoms with E-state index in [9.17, 15) is 14.9 Å². The third-order valence-corrected chi connectivity index (χ3v) is 4.96. The first-order valence-corrected chi connectivity index (χ1v) is 8.67. The summed E-state index contributed by atoms with van der Waals surface area (Å²) >= 11 is 1.44. The van der Waals surface area contributed by atoms with Gasteiger partial charge in [0, 0.05) is 24.1 Å². The van der Waals surface area contributed by atoms with Gasteiger partial charge in [0.05, 0.1) is 23.8 Å². The van der Waals surface area contributed by atoms with E-state index >= 15 is 0 Å². The van der Waals surface area contributed by atoms with Gasteiger partial charge in [0.2, 0.25) is 5.91 Å². The van der Waals surface area contributed by atoms with Crippen molar-refractivity contribution in [2.24, 2.45) is 0 Å². The molecule has 1 amide bonds. The minimum Gasteiger partial charge on any atom is -0.497 e. The summed E-state index contributed by atoms with van der Waals surface area (Å²) in [5.74, 6) is 1.02. The molecule has 0 unspecified atom stereocenters. The average molecular weight is 360 g/mol. The van der Waals surface area contributed by atoms with Crippen LogP contribution in [0, 0.1) is 10.1 Å². The molecule has 0 saturated heterocycles. The van der Waals surface area contributed by atoms with Crippen LogP contribution in [0.4, 0.5) is 5.69 Å². The van der Waals surface area contributed by atoms with Gasteiger partial charge in [-0.1, -0.05) is 12.1 Å². The molecule has 0 aromatic heterocycles. The van der Waals surface area contributed by atoms with Crippen molar-refractivity contribution in [3.8, 4) is 5.75 Å². The first kappa shape index (κ1) is 18.8. The van der Waals surface area contributed by atoms with Gasteiger partial charge in [0.25, 0.3) is 5.69 Å². The van der Waals surface area contributed by atoms with Crippen molar-refractivity contribution < 1.29 is 14.5 Å². The van der Waals surface area contributed by atoms with Crippen LogP contribution in [0.1, 0.15) is 18.5 Å². The van der Waals surface area contributed by atoms with E-state index in [1.54, 1.807) is 31.2 Å². The standard InChI is InChI=1S/C18H20N2O4S/c1-13(14-5-4-6-15(11-14)20(22)23)19(2)18(21)12-25-17-9-7-16(24-3)8-10-17/h4-11,13H,12H2,1-3H3/t13-/m1/s1. The number of hydrogen-bond donors (Lipinski definition) is 0. The Kier molecular flexibility index (Phi) is 6.41. The van der Waals surface area contributed by atoms with Gasteiger partial charge in [0.15, 0.2) is 0 Å². The predicted molar refractivity (Wildman–Crippen MR) is 98.0 cm³/mol. The highest BCUT2D eigenvalue weighted by molar-refractivity contribution is 8.00. The summed E-state index contributed by atoms with van der Waals surface area (Å²) in [7, 11) is 3.32. The number of rotatable bonds is 7. The number of methoxy groups -OCH3 is 1. The van der Waals surface area contributed by atoms with Gasteiger partial charge in [-0.25, -0.2) is 0 Å². The number of nitrogens with zero attached hydrogens (tertiary/aromatic N) is 2. The lowest BCUT2D eigenvalue weighted by Crippen LogP contribution is -2.31. The minimum atomic E-state index is -0.433. The van der Waals surface area contributed by atoms with Crippen LogP contribution in [0.15, 0.2) is 53.4 Å². The predicted octanol–water partition coefficient (Wildman–Crippen LogP) is 3.92. The van der Waals surface area contributed by atoms with E-state index in [0.29, 0.717) is 5.75 Å². The first-order chi connectivity index (χ1) is 11.9. The second-order valence-electron chi connectivity index (χ2n) is 5.50. The Labute approximate surface area is 150 Å². The molecule has 25 heavy (non-hydrogen) atoms. The highest BCUT2D eigenvalue weighted by Crippen LogP contribution is 2.25. The zero-order valence-corrected chi connectivity index (χ0v) is 15.2. The molecule has 0 bridgehead atoms. The Morgan fingerprint density at radius 1 is 1.28 bits per heavy atom. The highest BCUT2D eigenvalue weighted by Gasteiger charge is 2.19. The molecule has 2 rings (SSSR count). The molecule has 0 aliphatic heterocycles. The topological polar surface area (TPSA) is 72.7 Å². The molecule has 0 radical (unpaired) electrons. The Bertz CT molecular complexity index is 749. The molecule has 2 aromatic carbocycles. The van der Waals surface area contributed by atoms with E-state index in [1.807, 2.05) is 31.2 Å².